The third-order valence-electron chi connectivity index (χ3n) is 4.56. The third-order valence-corrected chi connectivity index (χ3v) is 5.51. The first-order chi connectivity index (χ1) is 12.3. The largest absolute Gasteiger partial charge is 0.419 e. The molecular formula is C18H21N5OS. The van der Waals surface area contributed by atoms with Crippen LogP contribution >= 0.6 is 11.8 Å². The molecule has 2 heterocycles. The monoisotopic (exact) mass is 355 g/mol. The maximum absolute atomic E-state index is 5.81. The van der Waals surface area contributed by atoms with Gasteiger partial charge in [0.1, 0.15) is 5.82 Å². The fraction of sp³-hybridized carbons (Fsp3) is 0.444. The van der Waals surface area contributed by atoms with Crippen LogP contribution in [-0.2, 0) is 6.42 Å². The molecule has 130 valence electrons. The first-order valence-electron chi connectivity index (χ1n) is 8.74. The summed E-state index contributed by atoms with van der Waals surface area (Å²) in [7, 11) is 0. The second-order valence-electron chi connectivity index (χ2n) is 6.49. The molecule has 1 aromatic carbocycles. The smallest absolute Gasteiger partial charge is 0.247 e. The number of aromatic nitrogens is 5. The van der Waals surface area contributed by atoms with Gasteiger partial charge in [-0.1, -0.05) is 55.6 Å². The maximum Gasteiger partial charge on any atom is 0.247 e. The number of rotatable bonds is 6. The summed E-state index contributed by atoms with van der Waals surface area (Å²) < 4.78 is 5.81. The van der Waals surface area contributed by atoms with E-state index in [9.17, 15) is 0 Å². The van der Waals surface area contributed by atoms with Crippen LogP contribution in [0.2, 0.25) is 0 Å². The number of hydrogen-bond donors (Lipinski definition) is 1. The number of hydrogen-bond acceptors (Lipinski definition) is 6. The highest BCUT2D eigenvalue weighted by atomic mass is 32.2. The van der Waals surface area contributed by atoms with Crippen molar-refractivity contribution >= 4 is 11.8 Å². The van der Waals surface area contributed by atoms with Crippen LogP contribution in [0.1, 0.15) is 49.6 Å². The lowest BCUT2D eigenvalue weighted by Gasteiger charge is -2.04. The van der Waals surface area contributed by atoms with E-state index < -0.39 is 0 Å². The molecule has 3 aromatic rings. The minimum absolute atomic E-state index is 0.0000859. The van der Waals surface area contributed by atoms with Crippen molar-refractivity contribution in [3.63, 3.8) is 0 Å². The van der Waals surface area contributed by atoms with E-state index in [1.54, 1.807) is 0 Å². The van der Waals surface area contributed by atoms with E-state index >= 15 is 0 Å². The molecule has 1 saturated carbocycles. The van der Waals surface area contributed by atoms with Crippen molar-refractivity contribution in [2.45, 2.75) is 49.4 Å². The van der Waals surface area contributed by atoms with Crippen molar-refractivity contribution in [3.05, 3.63) is 42.0 Å². The molecule has 25 heavy (non-hydrogen) atoms. The van der Waals surface area contributed by atoms with Gasteiger partial charge >= 0.3 is 0 Å². The van der Waals surface area contributed by atoms with E-state index in [-0.39, 0.29) is 5.25 Å². The first-order valence-corrected chi connectivity index (χ1v) is 9.62. The van der Waals surface area contributed by atoms with Gasteiger partial charge in [-0.25, -0.2) is 4.98 Å². The average Bonchev–Trinajstić information content (AvgIpc) is 3.38. The van der Waals surface area contributed by atoms with Crippen molar-refractivity contribution in [3.8, 4) is 11.5 Å². The lowest BCUT2D eigenvalue weighted by molar-refractivity contribution is 0.509. The third kappa shape index (κ3) is 3.92. The van der Waals surface area contributed by atoms with E-state index in [4.69, 9.17) is 4.42 Å². The zero-order chi connectivity index (χ0) is 17.1. The Morgan fingerprint density at radius 1 is 1.20 bits per heavy atom. The van der Waals surface area contributed by atoms with Crippen LogP contribution in [0.15, 0.2) is 39.9 Å². The second kappa shape index (κ2) is 7.39. The van der Waals surface area contributed by atoms with E-state index in [2.05, 4.69) is 25.4 Å². The van der Waals surface area contributed by atoms with Crippen LogP contribution in [-0.4, -0.2) is 25.4 Å². The lowest BCUT2D eigenvalue weighted by atomic mass is 10.0. The quantitative estimate of drug-likeness (QED) is 0.658. The zero-order valence-electron chi connectivity index (χ0n) is 14.2. The molecule has 0 spiro atoms. The fourth-order valence-electron chi connectivity index (χ4n) is 3.21. The van der Waals surface area contributed by atoms with Crippen LogP contribution < -0.4 is 0 Å². The molecule has 0 radical (unpaired) electrons. The normalized spacial score (nSPS) is 16.4. The van der Waals surface area contributed by atoms with Gasteiger partial charge in [0, 0.05) is 12.0 Å². The number of nitrogens with zero attached hydrogens (tertiary/aromatic N) is 4. The number of benzene rings is 1. The van der Waals surface area contributed by atoms with Gasteiger partial charge in [-0.05, 0) is 25.0 Å². The van der Waals surface area contributed by atoms with E-state index in [0.717, 1.165) is 28.9 Å². The highest BCUT2D eigenvalue weighted by Gasteiger charge is 2.20. The van der Waals surface area contributed by atoms with Crippen molar-refractivity contribution in [1.29, 1.82) is 0 Å². The number of nitrogens with one attached hydrogen (secondary N) is 1. The van der Waals surface area contributed by atoms with Gasteiger partial charge in [-0.15, -0.1) is 15.3 Å². The van der Waals surface area contributed by atoms with E-state index in [1.807, 2.05) is 37.3 Å². The Balaban J connectivity index is 1.39. The highest BCUT2D eigenvalue weighted by molar-refractivity contribution is 7.99. The van der Waals surface area contributed by atoms with Crippen molar-refractivity contribution in [1.82, 2.24) is 25.4 Å². The van der Waals surface area contributed by atoms with E-state index in [1.165, 1.54) is 37.4 Å². The van der Waals surface area contributed by atoms with Crippen LogP contribution in [0.4, 0.5) is 0 Å². The van der Waals surface area contributed by atoms with Crippen LogP contribution in [0.5, 0.6) is 0 Å². The molecule has 1 unspecified atom stereocenters. The molecule has 0 saturated heterocycles. The number of aromatic amines is 1. The zero-order valence-corrected chi connectivity index (χ0v) is 15.0. The summed E-state index contributed by atoms with van der Waals surface area (Å²) in [4.78, 5) is 4.61. The number of thioether (sulfide) groups is 1. The Labute approximate surface area is 150 Å². The van der Waals surface area contributed by atoms with Gasteiger partial charge in [0.05, 0.1) is 5.25 Å². The summed E-state index contributed by atoms with van der Waals surface area (Å²) in [5, 5.41) is 16.5. The molecule has 1 aliphatic carbocycles. The van der Waals surface area contributed by atoms with Crippen molar-refractivity contribution in [2.24, 2.45) is 5.92 Å². The van der Waals surface area contributed by atoms with Gasteiger partial charge in [0.25, 0.3) is 0 Å². The summed E-state index contributed by atoms with van der Waals surface area (Å²) >= 11 is 1.53. The summed E-state index contributed by atoms with van der Waals surface area (Å²) in [6, 6.07) is 9.79. The Morgan fingerprint density at radius 3 is 2.80 bits per heavy atom. The first kappa shape index (κ1) is 16.3. The molecule has 7 heteroatoms. The average molecular weight is 355 g/mol. The fourth-order valence-corrected chi connectivity index (χ4v) is 3.99. The molecule has 0 bridgehead atoms. The minimum Gasteiger partial charge on any atom is -0.419 e. The molecule has 0 amide bonds. The SMILES string of the molecule is CC(Sc1n[nH]c(CC2CCCC2)n1)c1nnc(-c2ccccc2)o1. The van der Waals surface area contributed by atoms with Gasteiger partial charge in [0.2, 0.25) is 16.9 Å². The predicted octanol–water partition coefficient (Wildman–Crippen LogP) is 4.44. The minimum atomic E-state index is 0.0000859. The molecule has 1 fully saturated rings. The Bertz CT molecular complexity index is 810. The molecule has 2 aromatic heterocycles. The Hall–Kier alpha value is -2.15. The second-order valence-corrected chi connectivity index (χ2v) is 7.80. The predicted molar refractivity (Wildman–Crippen MR) is 96.1 cm³/mol. The van der Waals surface area contributed by atoms with Crippen LogP contribution in [0, 0.1) is 5.92 Å². The van der Waals surface area contributed by atoms with Crippen LogP contribution in [0.25, 0.3) is 11.5 Å². The summed E-state index contributed by atoms with van der Waals surface area (Å²) in [5.41, 5.74) is 0.926. The lowest BCUT2D eigenvalue weighted by Crippen LogP contribution is -2.00. The Kier molecular flexibility index (Phi) is 4.83. The topological polar surface area (TPSA) is 80.5 Å². The van der Waals surface area contributed by atoms with Gasteiger partial charge < -0.3 is 4.42 Å². The van der Waals surface area contributed by atoms with E-state index in [0.29, 0.717) is 11.8 Å². The molecule has 1 aliphatic rings. The Morgan fingerprint density at radius 2 is 2.00 bits per heavy atom. The molecule has 0 aliphatic heterocycles. The van der Waals surface area contributed by atoms with Gasteiger partial charge in [-0.2, -0.15) is 0 Å². The van der Waals surface area contributed by atoms with Crippen molar-refractivity contribution < 1.29 is 4.42 Å². The van der Waals surface area contributed by atoms with Crippen LogP contribution in [0.3, 0.4) is 0 Å². The summed E-state index contributed by atoms with van der Waals surface area (Å²) in [5.74, 6) is 2.87. The molecule has 1 atom stereocenters. The molecular weight excluding hydrogens is 334 g/mol. The molecule has 4 rings (SSSR count). The summed E-state index contributed by atoms with van der Waals surface area (Å²) in [6.45, 7) is 2.03. The standard InChI is InChI=1S/C18H21N5OS/c1-12(16-21-22-17(24-16)14-9-3-2-4-10-14)25-18-19-15(20-23-18)11-13-7-5-6-8-13/h2-4,9-10,12-13H,5-8,11H2,1H3,(H,19,20,23). The molecule has 1 N–H and O–H groups in total. The summed E-state index contributed by atoms with van der Waals surface area (Å²) in [6.07, 6.45) is 6.31. The van der Waals surface area contributed by atoms with Gasteiger partial charge in [-0.3, -0.25) is 5.10 Å². The van der Waals surface area contributed by atoms with Crippen molar-refractivity contribution in [2.75, 3.05) is 0 Å². The number of H-pyrrole nitrogens is 1. The maximum atomic E-state index is 5.81. The van der Waals surface area contributed by atoms with Gasteiger partial charge in [0.15, 0.2) is 0 Å². The molecule has 6 nitrogen and oxygen atoms in total. The highest BCUT2D eigenvalue weighted by Crippen LogP contribution is 2.34.